The number of aromatic nitrogens is 1. The maximum atomic E-state index is 11.1. The van der Waals surface area contributed by atoms with Gasteiger partial charge >= 0.3 is 0 Å². The number of nitrogen functional groups attached to an aromatic ring is 1. The molecular weight excluding hydrogens is 387 g/mol. The third-order valence-electron chi connectivity index (χ3n) is 4.11. The monoisotopic (exact) mass is 398 g/mol. The Hall–Kier alpha value is -3.14. The SMILES string of the molecule is Cc1c(-c2ccc(Cl)cc2Cl)nc(N)c(C#N)c1-c1cccc([N+](=O)[O-])c1. The molecule has 0 aliphatic rings. The van der Waals surface area contributed by atoms with E-state index >= 15 is 0 Å². The Labute approximate surface area is 164 Å². The van der Waals surface area contributed by atoms with Crippen LogP contribution in [0.15, 0.2) is 42.5 Å². The summed E-state index contributed by atoms with van der Waals surface area (Å²) in [5, 5.41) is 21.6. The molecule has 0 atom stereocenters. The average molecular weight is 399 g/mol. The smallest absolute Gasteiger partial charge is 0.270 e. The normalized spacial score (nSPS) is 10.4. The first-order valence-electron chi connectivity index (χ1n) is 7.74. The highest BCUT2D eigenvalue weighted by Crippen LogP contribution is 2.39. The summed E-state index contributed by atoms with van der Waals surface area (Å²) in [6.45, 7) is 1.77. The van der Waals surface area contributed by atoms with Gasteiger partial charge in [0, 0.05) is 28.3 Å². The van der Waals surface area contributed by atoms with E-state index in [0.717, 1.165) is 0 Å². The van der Waals surface area contributed by atoms with Crippen molar-refractivity contribution in [2.45, 2.75) is 6.92 Å². The second kappa shape index (κ2) is 7.23. The Kier molecular flexibility index (Phi) is 5.00. The van der Waals surface area contributed by atoms with Gasteiger partial charge in [0.1, 0.15) is 17.5 Å². The Morgan fingerprint density at radius 2 is 1.96 bits per heavy atom. The van der Waals surface area contributed by atoms with Crippen LogP contribution in [0.25, 0.3) is 22.4 Å². The van der Waals surface area contributed by atoms with Gasteiger partial charge in [-0.05, 0) is 36.2 Å². The first-order chi connectivity index (χ1) is 12.8. The molecule has 134 valence electrons. The van der Waals surface area contributed by atoms with Crippen LogP contribution in [0.4, 0.5) is 11.5 Å². The number of nitrogens with zero attached hydrogens (tertiary/aromatic N) is 3. The number of nitrogens with two attached hydrogens (primary N) is 1. The molecule has 27 heavy (non-hydrogen) atoms. The van der Waals surface area contributed by atoms with E-state index in [1.807, 2.05) is 6.07 Å². The second-order valence-corrected chi connectivity index (χ2v) is 6.61. The van der Waals surface area contributed by atoms with Crippen LogP contribution in [0.5, 0.6) is 0 Å². The van der Waals surface area contributed by atoms with Crippen LogP contribution in [-0.2, 0) is 0 Å². The summed E-state index contributed by atoms with van der Waals surface area (Å²) in [6, 6.07) is 13.0. The van der Waals surface area contributed by atoms with Gasteiger partial charge in [-0.3, -0.25) is 10.1 Å². The number of nitro benzene ring substituents is 1. The summed E-state index contributed by atoms with van der Waals surface area (Å²) in [5.74, 6) is 0.0191. The van der Waals surface area contributed by atoms with E-state index in [9.17, 15) is 15.4 Å². The third kappa shape index (κ3) is 3.43. The number of nitro groups is 1. The van der Waals surface area contributed by atoms with Gasteiger partial charge in [0.25, 0.3) is 5.69 Å². The Morgan fingerprint density at radius 3 is 2.59 bits per heavy atom. The molecule has 0 saturated carbocycles. The van der Waals surface area contributed by atoms with Crippen molar-refractivity contribution in [3.05, 3.63) is 73.8 Å². The van der Waals surface area contributed by atoms with Crippen molar-refractivity contribution >= 4 is 34.7 Å². The quantitative estimate of drug-likeness (QED) is 0.469. The van der Waals surface area contributed by atoms with Crippen LogP contribution in [0.2, 0.25) is 10.0 Å². The molecule has 1 aromatic heterocycles. The van der Waals surface area contributed by atoms with Crippen molar-refractivity contribution < 1.29 is 4.92 Å². The molecule has 0 aliphatic carbocycles. The summed E-state index contributed by atoms with van der Waals surface area (Å²) < 4.78 is 0. The minimum atomic E-state index is -0.494. The van der Waals surface area contributed by atoms with E-state index in [0.29, 0.717) is 38.0 Å². The van der Waals surface area contributed by atoms with Crippen LogP contribution >= 0.6 is 23.2 Å². The number of rotatable bonds is 3. The highest BCUT2D eigenvalue weighted by Gasteiger charge is 2.21. The minimum absolute atomic E-state index is 0.0191. The Morgan fingerprint density at radius 1 is 1.22 bits per heavy atom. The lowest BCUT2D eigenvalue weighted by atomic mass is 9.92. The Bertz CT molecular complexity index is 1120. The van der Waals surface area contributed by atoms with Crippen LogP contribution in [-0.4, -0.2) is 9.91 Å². The molecule has 0 unspecified atom stereocenters. The fourth-order valence-electron chi connectivity index (χ4n) is 2.89. The predicted octanol–water partition coefficient (Wildman–Crippen LogP) is 5.39. The molecule has 0 bridgehead atoms. The van der Waals surface area contributed by atoms with Crippen LogP contribution in [0, 0.1) is 28.4 Å². The van der Waals surface area contributed by atoms with E-state index in [2.05, 4.69) is 4.98 Å². The molecule has 0 saturated heterocycles. The van der Waals surface area contributed by atoms with E-state index in [-0.39, 0.29) is 17.1 Å². The summed E-state index contributed by atoms with van der Waals surface area (Å²) in [4.78, 5) is 15.0. The zero-order valence-electron chi connectivity index (χ0n) is 14.0. The molecule has 0 aliphatic heterocycles. The van der Waals surface area contributed by atoms with E-state index in [4.69, 9.17) is 28.9 Å². The number of hydrogen-bond donors (Lipinski definition) is 1. The number of pyridine rings is 1. The first kappa shape index (κ1) is 18.6. The standard InChI is InChI=1S/C19H12Cl2N4O2/c1-10-17(11-3-2-4-13(7-11)25(26)27)15(9-22)19(23)24-18(10)14-6-5-12(20)8-16(14)21/h2-8H,1H3,(H2,23,24). The van der Waals surface area contributed by atoms with Crippen molar-refractivity contribution in [2.75, 3.05) is 5.73 Å². The van der Waals surface area contributed by atoms with Gasteiger partial charge in [0.05, 0.1) is 15.6 Å². The molecule has 1 heterocycles. The van der Waals surface area contributed by atoms with Crippen LogP contribution < -0.4 is 5.73 Å². The zero-order valence-corrected chi connectivity index (χ0v) is 15.5. The first-order valence-corrected chi connectivity index (χ1v) is 8.49. The lowest BCUT2D eigenvalue weighted by Gasteiger charge is -2.16. The van der Waals surface area contributed by atoms with Gasteiger partial charge in [-0.2, -0.15) is 5.26 Å². The number of hydrogen-bond acceptors (Lipinski definition) is 5. The lowest BCUT2D eigenvalue weighted by molar-refractivity contribution is -0.384. The summed E-state index contributed by atoms with van der Waals surface area (Å²) in [6.07, 6.45) is 0. The summed E-state index contributed by atoms with van der Waals surface area (Å²) in [5.41, 5.74) is 8.78. The average Bonchev–Trinajstić information content (AvgIpc) is 2.63. The highest BCUT2D eigenvalue weighted by molar-refractivity contribution is 6.36. The summed E-state index contributed by atoms with van der Waals surface area (Å²) in [7, 11) is 0. The van der Waals surface area contributed by atoms with Crippen LogP contribution in [0.1, 0.15) is 11.1 Å². The topological polar surface area (TPSA) is 106 Å². The van der Waals surface area contributed by atoms with Gasteiger partial charge in [0.15, 0.2) is 0 Å². The van der Waals surface area contributed by atoms with Crippen molar-refractivity contribution in [1.29, 1.82) is 5.26 Å². The lowest BCUT2D eigenvalue weighted by Crippen LogP contribution is -2.03. The van der Waals surface area contributed by atoms with Crippen LogP contribution in [0.3, 0.4) is 0 Å². The summed E-state index contributed by atoms with van der Waals surface area (Å²) >= 11 is 12.3. The number of anilines is 1. The number of halogens is 2. The van der Waals surface area contributed by atoms with Gasteiger partial charge in [0.2, 0.25) is 0 Å². The molecule has 6 nitrogen and oxygen atoms in total. The molecule has 8 heteroatoms. The van der Waals surface area contributed by atoms with E-state index < -0.39 is 4.92 Å². The van der Waals surface area contributed by atoms with Crippen molar-refractivity contribution in [3.63, 3.8) is 0 Å². The van der Waals surface area contributed by atoms with E-state index in [1.54, 1.807) is 37.3 Å². The highest BCUT2D eigenvalue weighted by atomic mass is 35.5. The minimum Gasteiger partial charge on any atom is -0.383 e. The maximum absolute atomic E-state index is 11.1. The maximum Gasteiger partial charge on any atom is 0.270 e. The molecular formula is C19H12Cl2N4O2. The molecule has 3 aromatic rings. The Balaban J connectivity index is 2.34. The third-order valence-corrected chi connectivity index (χ3v) is 4.66. The van der Waals surface area contributed by atoms with Gasteiger partial charge in [-0.1, -0.05) is 35.3 Å². The molecule has 2 N–H and O–H groups in total. The molecule has 0 radical (unpaired) electrons. The molecule has 0 fully saturated rings. The van der Waals surface area contributed by atoms with Gasteiger partial charge in [-0.25, -0.2) is 4.98 Å². The molecule has 0 spiro atoms. The second-order valence-electron chi connectivity index (χ2n) is 5.76. The molecule has 2 aromatic carbocycles. The fourth-order valence-corrected chi connectivity index (χ4v) is 3.38. The van der Waals surface area contributed by atoms with Crippen molar-refractivity contribution in [1.82, 2.24) is 4.98 Å². The van der Waals surface area contributed by atoms with Gasteiger partial charge < -0.3 is 5.73 Å². The molecule has 0 amide bonds. The van der Waals surface area contributed by atoms with Gasteiger partial charge in [-0.15, -0.1) is 0 Å². The number of non-ortho nitro benzene ring substituents is 1. The zero-order chi connectivity index (χ0) is 19.7. The number of nitriles is 1. The fraction of sp³-hybridized carbons (Fsp3) is 0.0526. The molecule has 3 rings (SSSR count). The van der Waals surface area contributed by atoms with Crippen molar-refractivity contribution in [3.8, 4) is 28.5 Å². The number of benzene rings is 2. The predicted molar refractivity (Wildman–Crippen MR) is 106 cm³/mol. The largest absolute Gasteiger partial charge is 0.383 e. The van der Waals surface area contributed by atoms with E-state index in [1.165, 1.54) is 12.1 Å². The van der Waals surface area contributed by atoms with Crippen molar-refractivity contribution in [2.24, 2.45) is 0 Å².